The van der Waals surface area contributed by atoms with Crippen molar-refractivity contribution in [2.45, 2.75) is 50.1 Å². The van der Waals surface area contributed by atoms with Crippen LogP contribution in [0.15, 0.2) is 59.5 Å². The summed E-state index contributed by atoms with van der Waals surface area (Å²) in [7, 11) is -3.57. The molecule has 2 aromatic carbocycles. The lowest BCUT2D eigenvalue weighted by Crippen LogP contribution is -2.31. The molecule has 192 valence electrons. The van der Waals surface area contributed by atoms with Crippen LogP contribution in [-0.4, -0.2) is 43.2 Å². The van der Waals surface area contributed by atoms with Gasteiger partial charge in [0.05, 0.1) is 10.5 Å². The molecule has 0 saturated carbocycles. The Balaban J connectivity index is 1.28. The molecular formula is C28H30N4O3S2. The first kappa shape index (κ1) is 25.6. The molecule has 0 aliphatic carbocycles. The highest BCUT2D eigenvalue weighted by atomic mass is 32.2. The summed E-state index contributed by atoms with van der Waals surface area (Å²) < 4.78 is 27.6. The largest absolute Gasteiger partial charge is 0.312 e. The predicted octanol–water partition coefficient (Wildman–Crippen LogP) is 5.00. The van der Waals surface area contributed by atoms with E-state index >= 15 is 0 Å². The van der Waals surface area contributed by atoms with Gasteiger partial charge < -0.3 is 5.32 Å². The standard InChI is InChI=1S/C28H30N4O3S2/c29-18-25-24-14-17-31(19-21-8-4-3-5-9-21)20-26(24)36-28(25)30-27(33)22-10-12-23(13-11-22)37(34,35)32-15-6-1-2-7-16-32/h3-5,8-13H,1-2,6-7,14-17,19-20H2,(H,30,33). The van der Waals surface area contributed by atoms with Gasteiger partial charge in [-0.2, -0.15) is 9.57 Å². The number of amides is 1. The molecule has 7 nitrogen and oxygen atoms in total. The van der Waals surface area contributed by atoms with Crippen LogP contribution >= 0.6 is 11.3 Å². The van der Waals surface area contributed by atoms with Crippen molar-refractivity contribution in [3.63, 3.8) is 0 Å². The number of carbonyl (C=O) groups is 1. The van der Waals surface area contributed by atoms with E-state index in [0.29, 0.717) is 29.2 Å². The molecule has 1 fully saturated rings. The van der Waals surface area contributed by atoms with Crippen molar-refractivity contribution in [1.29, 1.82) is 5.26 Å². The van der Waals surface area contributed by atoms with Crippen molar-refractivity contribution >= 4 is 32.3 Å². The minimum Gasteiger partial charge on any atom is -0.312 e. The van der Waals surface area contributed by atoms with Crippen molar-refractivity contribution in [3.05, 3.63) is 81.7 Å². The van der Waals surface area contributed by atoms with Crippen LogP contribution in [0.4, 0.5) is 5.00 Å². The van der Waals surface area contributed by atoms with E-state index in [1.165, 1.54) is 29.0 Å². The van der Waals surface area contributed by atoms with Gasteiger partial charge in [-0.15, -0.1) is 11.3 Å². The number of sulfonamides is 1. The highest BCUT2D eigenvalue weighted by Crippen LogP contribution is 2.37. The summed E-state index contributed by atoms with van der Waals surface area (Å²) in [6.45, 7) is 3.51. The summed E-state index contributed by atoms with van der Waals surface area (Å²) in [6, 6.07) is 18.7. The van der Waals surface area contributed by atoms with E-state index in [-0.39, 0.29) is 10.8 Å². The van der Waals surface area contributed by atoms with Gasteiger partial charge in [-0.3, -0.25) is 9.69 Å². The fourth-order valence-electron chi connectivity index (χ4n) is 5.02. The Labute approximate surface area is 222 Å². The van der Waals surface area contributed by atoms with E-state index in [2.05, 4.69) is 28.4 Å². The number of nitriles is 1. The second-order valence-corrected chi connectivity index (χ2v) is 12.6. The minimum atomic E-state index is -3.57. The molecule has 1 saturated heterocycles. The summed E-state index contributed by atoms with van der Waals surface area (Å²) in [6.07, 6.45) is 4.60. The fourth-order valence-corrected chi connectivity index (χ4v) is 7.78. The Bertz CT molecular complexity index is 1400. The third-order valence-corrected chi connectivity index (χ3v) is 10.1. The number of hydrogen-bond donors (Lipinski definition) is 1. The summed E-state index contributed by atoms with van der Waals surface area (Å²) in [5.41, 5.74) is 3.16. The van der Waals surface area contributed by atoms with Crippen LogP contribution in [0, 0.1) is 11.3 Å². The van der Waals surface area contributed by atoms with E-state index in [4.69, 9.17) is 0 Å². The van der Waals surface area contributed by atoms with Gasteiger partial charge in [0.1, 0.15) is 11.1 Å². The van der Waals surface area contributed by atoms with Gasteiger partial charge >= 0.3 is 0 Å². The minimum absolute atomic E-state index is 0.203. The summed E-state index contributed by atoms with van der Waals surface area (Å²) in [5, 5.41) is 13.3. The van der Waals surface area contributed by atoms with Gasteiger partial charge in [-0.25, -0.2) is 8.42 Å². The molecule has 0 bridgehead atoms. The highest BCUT2D eigenvalue weighted by molar-refractivity contribution is 7.89. The molecule has 2 aliphatic rings. The van der Waals surface area contributed by atoms with Gasteiger partial charge in [-0.05, 0) is 54.7 Å². The lowest BCUT2D eigenvalue weighted by atomic mass is 10.0. The molecule has 3 aromatic rings. The number of nitrogens with zero attached hydrogens (tertiary/aromatic N) is 3. The second-order valence-electron chi connectivity index (χ2n) is 9.56. The Morgan fingerprint density at radius 1 is 0.973 bits per heavy atom. The smallest absolute Gasteiger partial charge is 0.256 e. The summed E-state index contributed by atoms with van der Waals surface area (Å²) in [4.78, 5) is 16.7. The van der Waals surface area contributed by atoms with Crippen LogP contribution in [-0.2, 0) is 29.5 Å². The maximum absolute atomic E-state index is 13.0. The first-order valence-electron chi connectivity index (χ1n) is 12.7. The number of thiophene rings is 1. The van der Waals surface area contributed by atoms with Crippen molar-refractivity contribution in [1.82, 2.24) is 9.21 Å². The van der Waals surface area contributed by atoms with E-state index in [0.717, 1.165) is 62.2 Å². The highest BCUT2D eigenvalue weighted by Gasteiger charge is 2.27. The average Bonchev–Trinajstić information content (AvgIpc) is 3.06. The Kier molecular flexibility index (Phi) is 7.72. The van der Waals surface area contributed by atoms with Gasteiger partial charge in [0.15, 0.2) is 0 Å². The SMILES string of the molecule is N#Cc1c(NC(=O)c2ccc(S(=O)(=O)N3CCCCCC3)cc2)sc2c1CCN(Cc1ccccc1)C2. The van der Waals surface area contributed by atoms with Crippen molar-refractivity contribution in [2.75, 3.05) is 25.0 Å². The number of nitrogens with one attached hydrogen (secondary N) is 1. The molecule has 0 radical (unpaired) electrons. The molecule has 0 spiro atoms. The number of rotatable bonds is 6. The Morgan fingerprint density at radius 3 is 2.35 bits per heavy atom. The van der Waals surface area contributed by atoms with Crippen LogP contribution in [0.5, 0.6) is 0 Å². The molecule has 1 N–H and O–H groups in total. The normalized spacial score (nSPS) is 16.9. The number of hydrogen-bond acceptors (Lipinski definition) is 6. The maximum Gasteiger partial charge on any atom is 0.256 e. The molecule has 5 rings (SSSR count). The number of anilines is 1. The summed E-state index contributed by atoms with van der Waals surface area (Å²) >= 11 is 1.45. The van der Waals surface area contributed by atoms with E-state index in [9.17, 15) is 18.5 Å². The van der Waals surface area contributed by atoms with Gasteiger partial charge in [0, 0.05) is 43.2 Å². The zero-order chi connectivity index (χ0) is 25.8. The van der Waals surface area contributed by atoms with Crippen LogP contribution < -0.4 is 5.32 Å². The first-order valence-corrected chi connectivity index (χ1v) is 14.9. The first-order chi connectivity index (χ1) is 18.0. The van der Waals surface area contributed by atoms with Gasteiger partial charge in [0.2, 0.25) is 10.0 Å². The lowest BCUT2D eigenvalue weighted by Gasteiger charge is -2.26. The molecular weight excluding hydrogens is 504 g/mol. The van der Waals surface area contributed by atoms with E-state index in [1.54, 1.807) is 16.4 Å². The third-order valence-electron chi connectivity index (χ3n) is 7.04. The van der Waals surface area contributed by atoms with Crippen LogP contribution in [0.3, 0.4) is 0 Å². The number of benzene rings is 2. The number of fused-ring (bicyclic) bond motifs is 1. The predicted molar refractivity (Wildman–Crippen MR) is 145 cm³/mol. The third kappa shape index (κ3) is 5.63. The monoisotopic (exact) mass is 534 g/mol. The molecule has 1 aromatic heterocycles. The van der Waals surface area contributed by atoms with Crippen molar-refractivity contribution < 1.29 is 13.2 Å². The Morgan fingerprint density at radius 2 is 1.68 bits per heavy atom. The van der Waals surface area contributed by atoms with Crippen LogP contribution in [0.25, 0.3) is 0 Å². The van der Waals surface area contributed by atoms with Crippen molar-refractivity contribution in [3.8, 4) is 6.07 Å². The average molecular weight is 535 g/mol. The molecule has 37 heavy (non-hydrogen) atoms. The number of carbonyl (C=O) groups excluding carboxylic acids is 1. The fraction of sp³-hybridized carbons (Fsp3) is 0.357. The van der Waals surface area contributed by atoms with Crippen LogP contribution in [0.2, 0.25) is 0 Å². The van der Waals surface area contributed by atoms with Crippen molar-refractivity contribution in [2.24, 2.45) is 0 Å². The quantitative estimate of drug-likeness (QED) is 0.481. The van der Waals surface area contributed by atoms with E-state index < -0.39 is 10.0 Å². The van der Waals surface area contributed by atoms with Gasteiger partial charge in [0.25, 0.3) is 5.91 Å². The Hall–Kier alpha value is -3.03. The van der Waals surface area contributed by atoms with E-state index in [1.807, 2.05) is 18.2 Å². The molecule has 2 aliphatic heterocycles. The zero-order valence-electron chi connectivity index (χ0n) is 20.7. The molecule has 9 heteroatoms. The van der Waals surface area contributed by atoms with Gasteiger partial charge in [-0.1, -0.05) is 43.2 Å². The topological polar surface area (TPSA) is 93.5 Å². The van der Waals surface area contributed by atoms with Crippen LogP contribution in [0.1, 0.15) is 57.6 Å². The lowest BCUT2D eigenvalue weighted by molar-refractivity contribution is 0.102. The molecule has 0 unspecified atom stereocenters. The molecule has 1 amide bonds. The molecule has 0 atom stereocenters. The second kappa shape index (κ2) is 11.2. The zero-order valence-corrected chi connectivity index (χ0v) is 22.3. The maximum atomic E-state index is 13.0. The summed E-state index contributed by atoms with van der Waals surface area (Å²) in [5.74, 6) is -0.352. The molecule has 3 heterocycles.